The topological polar surface area (TPSA) is 82.9 Å². The minimum absolute atomic E-state index is 0.0598. The summed E-state index contributed by atoms with van der Waals surface area (Å²) >= 11 is 0. The maximum absolute atomic E-state index is 12.9. The molecule has 1 atom stereocenters. The molecule has 2 aromatic rings. The van der Waals surface area contributed by atoms with Gasteiger partial charge in [-0.2, -0.15) is 0 Å². The van der Waals surface area contributed by atoms with Crippen LogP contribution in [0.3, 0.4) is 0 Å². The highest BCUT2D eigenvalue weighted by Crippen LogP contribution is 2.30. The number of nitrogens with zero attached hydrogens (tertiary/aromatic N) is 2. The number of hydrogen-bond donors (Lipinski definition) is 1. The lowest BCUT2D eigenvalue weighted by atomic mass is 9.84. The van der Waals surface area contributed by atoms with Gasteiger partial charge in [-0.25, -0.2) is 0 Å². The molecule has 3 heterocycles. The van der Waals surface area contributed by atoms with E-state index >= 15 is 0 Å². The monoisotopic (exact) mass is 423 g/mol. The fraction of sp³-hybridized carbons (Fsp3) is 0.458. The second-order valence-corrected chi connectivity index (χ2v) is 8.64. The Hall–Kier alpha value is -3.09. The van der Waals surface area contributed by atoms with Gasteiger partial charge in [-0.3, -0.25) is 14.4 Å². The van der Waals surface area contributed by atoms with Crippen LogP contribution in [0.15, 0.2) is 47.1 Å². The molecule has 3 amide bonds. The van der Waals surface area contributed by atoms with Crippen molar-refractivity contribution >= 4 is 17.7 Å². The molecule has 2 saturated heterocycles. The molecule has 164 valence electrons. The van der Waals surface area contributed by atoms with Gasteiger partial charge in [0.2, 0.25) is 11.8 Å². The van der Waals surface area contributed by atoms with Gasteiger partial charge in [0.15, 0.2) is 5.76 Å². The van der Waals surface area contributed by atoms with Crippen LogP contribution in [0.25, 0.3) is 0 Å². The third-order valence-corrected chi connectivity index (χ3v) is 6.37. The molecule has 0 spiro atoms. The quantitative estimate of drug-likeness (QED) is 0.774. The first kappa shape index (κ1) is 21.2. The van der Waals surface area contributed by atoms with Crippen molar-refractivity contribution < 1.29 is 18.8 Å². The first-order valence-electron chi connectivity index (χ1n) is 10.9. The second-order valence-electron chi connectivity index (χ2n) is 8.64. The third-order valence-electron chi connectivity index (χ3n) is 6.37. The molecule has 0 aliphatic carbocycles. The van der Waals surface area contributed by atoms with E-state index in [4.69, 9.17) is 4.42 Å². The zero-order valence-corrected chi connectivity index (χ0v) is 17.9. The number of furan rings is 1. The zero-order valence-electron chi connectivity index (χ0n) is 17.9. The third kappa shape index (κ3) is 4.98. The molecule has 2 aliphatic rings. The van der Waals surface area contributed by atoms with Gasteiger partial charge in [0, 0.05) is 44.6 Å². The summed E-state index contributed by atoms with van der Waals surface area (Å²) in [4.78, 5) is 40.8. The molecule has 31 heavy (non-hydrogen) atoms. The Kier molecular flexibility index (Phi) is 6.11. The van der Waals surface area contributed by atoms with Crippen LogP contribution in [0.1, 0.15) is 47.4 Å². The number of hydrogen-bond acceptors (Lipinski definition) is 4. The lowest BCUT2D eigenvalue weighted by molar-refractivity contribution is -0.133. The van der Waals surface area contributed by atoms with Gasteiger partial charge in [0.05, 0.1) is 6.26 Å². The van der Waals surface area contributed by atoms with E-state index in [9.17, 15) is 14.4 Å². The van der Waals surface area contributed by atoms with Gasteiger partial charge in [-0.1, -0.05) is 29.8 Å². The van der Waals surface area contributed by atoms with Crippen LogP contribution in [0.2, 0.25) is 0 Å². The molecule has 1 aromatic heterocycles. The van der Waals surface area contributed by atoms with Crippen LogP contribution in [0.5, 0.6) is 0 Å². The van der Waals surface area contributed by atoms with E-state index in [-0.39, 0.29) is 23.3 Å². The molecule has 1 aromatic carbocycles. The number of rotatable bonds is 6. The largest absolute Gasteiger partial charge is 0.459 e. The predicted molar refractivity (Wildman–Crippen MR) is 115 cm³/mol. The van der Waals surface area contributed by atoms with Crippen molar-refractivity contribution in [3.05, 3.63) is 59.5 Å². The Balaban J connectivity index is 1.32. The fourth-order valence-corrected chi connectivity index (χ4v) is 4.50. The van der Waals surface area contributed by atoms with Crippen molar-refractivity contribution in [3.8, 4) is 0 Å². The SMILES string of the molecule is Cc1ccc(C[C@@]2(CCC(=O)N3CCN(C(=O)c4ccco4)CC3)CCC(=O)N2)cc1. The van der Waals surface area contributed by atoms with Gasteiger partial charge in [0.25, 0.3) is 5.91 Å². The number of carbonyl (C=O) groups is 3. The molecule has 7 heteroatoms. The average Bonchev–Trinajstić information content (AvgIpc) is 3.44. The number of benzene rings is 1. The van der Waals surface area contributed by atoms with Crippen LogP contribution in [0, 0.1) is 6.92 Å². The van der Waals surface area contributed by atoms with E-state index in [2.05, 4.69) is 36.5 Å². The Labute approximate surface area is 182 Å². The van der Waals surface area contributed by atoms with Gasteiger partial charge in [-0.05, 0) is 43.9 Å². The summed E-state index contributed by atoms with van der Waals surface area (Å²) in [6.07, 6.45) is 4.49. The van der Waals surface area contributed by atoms with Crippen molar-refractivity contribution in [1.82, 2.24) is 15.1 Å². The van der Waals surface area contributed by atoms with E-state index in [0.29, 0.717) is 51.2 Å². The Morgan fingerprint density at radius 3 is 2.39 bits per heavy atom. The zero-order chi connectivity index (χ0) is 21.8. The Bertz CT molecular complexity index is 930. The van der Waals surface area contributed by atoms with Gasteiger partial charge < -0.3 is 19.5 Å². The second kappa shape index (κ2) is 8.96. The van der Waals surface area contributed by atoms with E-state index in [1.54, 1.807) is 17.0 Å². The first-order valence-corrected chi connectivity index (χ1v) is 10.9. The lowest BCUT2D eigenvalue weighted by Crippen LogP contribution is -2.51. The molecular weight excluding hydrogens is 394 g/mol. The molecule has 0 radical (unpaired) electrons. The smallest absolute Gasteiger partial charge is 0.289 e. The van der Waals surface area contributed by atoms with Crippen LogP contribution in [-0.2, 0) is 16.0 Å². The van der Waals surface area contributed by atoms with Gasteiger partial charge in [-0.15, -0.1) is 0 Å². The van der Waals surface area contributed by atoms with Crippen molar-refractivity contribution in [1.29, 1.82) is 0 Å². The number of amides is 3. The van der Waals surface area contributed by atoms with Crippen molar-refractivity contribution in [2.45, 2.75) is 44.6 Å². The normalized spacial score (nSPS) is 21.3. The van der Waals surface area contributed by atoms with Crippen molar-refractivity contribution in [2.24, 2.45) is 0 Å². The Morgan fingerprint density at radius 2 is 1.77 bits per heavy atom. The fourth-order valence-electron chi connectivity index (χ4n) is 4.50. The number of piperazine rings is 1. The predicted octanol–water partition coefficient (Wildman–Crippen LogP) is 2.54. The van der Waals surface area contributed by atoms with Crippen molar-refractivity contribution in [2.75, 3.05) is 26.2 Å². The molecule has 4 rings (SSSR count). The Morgan fingerprint density at radius 1 is 1.06 bits per heavy atom. The maximum Gasteiger partial charge on any atom is 0.289 e. The van der Waals surface area contributed by atoms with Gasteiger partial charge in [0.1, 0.15) is 0 Å². The summed E-state index contributed by atoms with van der Waals surface area (Å²) in [5.74, 6) is 0.330. The van der Waals surface area contributed by atoms with Crippen LogP contribution in [-0.4, -0.2) is 59.2 Å². The van der Waals surface area contributed by atoms with Crippen LogP contribution < -0.4 is 5.32 Å². The molecular formula is C24H29N3O4. The lowest BCUT2D eigenvalue weighted by Gasteiger charge is -2.35. The van der Waals surface area contributed by atoms with Gasteiger partial charge >= 0.3 is 0 Å². The summed E-state index contributed by atoms with van der Waals surface area (Å²) in [6.45, 7) is 4.08. The molecule has 2 aliphatic heterocycles. The van der Waals surface area contributed by atoms with Crippen LogP contribution >= 0.6 is 0 Å². The highest BCUT2D eigenvalue weighted by molar-refractivity contribution is 5.91. The number of nitrogens with one attached hydrogen (secondary N) is 1. The van der Waals surface area contributed by atoms with E-state index in [1.807, 2.05) is 4.90 Å². The summed E-state index contributed by atoms with van der Waals surface area (Å²) in [5, 5.41) is 3.15. The maximum atomic E-state index is 12.9. The van der Waals surface area contributed by atoms with E-state index in [0.717, 1.165) is 12.8 Å². The highest BCUT2D eigenvalue weighted by Gasteiger charge is 2.38. The first-order chi connectivity index (χ1) is 14.9. The highest BCUT2D eigenvalue weighted by atomic mass is 16.3. The van der Waals surface area contributed by atoms with Crippen LogP contribution in [0.4, 0.5) is 0 Å². The molecule has 1 N–H and O–H groups in total. The number of carbonyl (C=O) groups excluding carboxylic acids is 3. The molecule has 0 bridgehead atoms. The average molecular weight is 424 g/mol. The van der Waals surface area contributed by atoms with E-state index in [1.165, 1.54) is 17.4 Å². The molecule has 0 unspecified atom stereocenters. The van der Waals surface area contributed by atoms with Crippen molar-refractivity contribution in [3.63, 3.8) is 0 Å². The minimum Gasteiger partial charge on any atom is -0.459 e. The molecule has 7 nitrogen and oxygen atoms in total. The molecule has 0 saturated carbocycles. The molecule has 2 fully saturated rings. The summed E-state index contributed by atoms with van der Waals surface area (Å²) in [7, 11) is 0. The minimum atomic E-state index is -0.362. The summed E-state index contributed by atoms with van der Waals surface area (Å²) in [6, 6.07) is 11.7. The standard InChI is InChI=1S/C24H29N3O4/c1-18-4-6-19(7-5-18)17-24(10-8-21(28)25-24)11-9-22(29)26-12-14-27(15-13-26)23(30)20-3-2-16-31-20/h2-7,16H,8-15,17H2,1H3,(H,25,28)/t24-/m0/s1. The number of aryl methyl sites for hydroxylation is 1. The summed E-state index contributed by atoms with van der Waals surface area (Å²) < 4.78 is 5.19. The van der Waals surface area contributed by atoms with E-state index < -0.39 is 0 Å². The summed E-state index contributed by atoms with van der Waals surface area (Å²) in [5.41, 5.74) is 2.01.